The first-order valence-electron chi connectivity index (χ1n) is 9.30. The Balaban J connectivity index is 1.70. The minimum atomic E-state index is -0.251. The minimum Gasteiger partial charge on any atom is -0.324 e. The van der Waals surface area contributed by atoms with Gasteiger partial charge in [0.25, 0.3) is 0 Å². The fraction of sp³-hybridized carbons (Fsp3) is 0.333. The number of hydrogen-bond donors (Lipinski definition) is 1. The van der Waals surface area contributed by atoms with Crippen LogP contribution in [0.2, 0.25) is 0 Å². The van der Waals surface area contributed by atoms with Gasteiger partial charge in [-0.2, -0.15) is 0 Å². The number of allylic oxidation sites excluding steroid dienone is 2. The van der Waals surface area contributed by atoms with E-state index in [2.05, 4.69) is 22.5 Å². The second-order valence-corrected chi connectivity index (χ2v) is 8.42. The molecular formula is C21H19N3O3S. The average molecular weight is 393 g/mol. The Morgan fingerprint density at radius 1 is 1.21 bits per heavy atom. The van der Waals surface area contributed by atoms with Crippen LogP contribution < -0.4 is 10.2 Å². The molecule has 1 aromatic heterocycles. The lowest BCUT2D eigenvalue weighted by molar-refractivity contribution is -0.123. The summed E-state index contributed by atoms with van der Waals surface area (Å²) in [6.07, 6.45) is 8.63. The Bertz CT molecular complexity index is 1050. The van der Waals surface area contributed by atoms with Crippen molar-refractivity contribution >= 4 is 51.8 Å². The Morgan fingerprint density at radius 2 is 1.89 bits per heavy atom. The van der Waals surface area contributed by atoms with Gasteiger partial charge in [-0.1, -0.05) is 12.2 Å². The molecule has 0 radical (unpaired) electrons. The number of nitrogens with one attached hydrogen (secondary N) is 1. The molecule has 3 amide bonds. The number of thioether (sulfide) groups is 1. The van der Waals surface area contributed by atoms with Crippen molar-refractivity contribution in [1.82, 2.24) is 4.98 Å². The number of pyridine rings is 1. The maximum Gasteiger partial charge on any atom is 0.238 e. The topological polar surface area (TPSA) is 79.4 Å². The Kier molecular flexibility index (Phi) is 3.84. The van der Waals surface area contributed by atoms with Gasteiger partial charge in [0.05, 0.1) is 28.7 Å². The predicted octanol–water partition coefficient (Wildman–Crippen LogP) is 3.23. The molecule has 2 aliphatic carbocycles. The molecule has 2 bridgehead atoms. The van der Waals surface area contributed by atoms with Crippen LogP contribution in [0.15, 0.2) is 41.4 Å². The van der Waals surface area contributed by atoms with E-state index in [-0.39, 0.29) is 41.4 Å². The van der Waals surface area contributed by atoms with Crippen LogP contribution in [0, 0.1) is 23.7 Å². The van der Waals surface area contributed by atoms with E-state index in [9.17, 15) is 14.4 Å². The summed E-state index contributed by atoms with van der Waals surface area (Å²) < 4.78 is 0. The lowest BCUT2D eigenvalue weighted by Gasteiger charge is -2.23. The van der Waals surface area contributed by atoms with E-state index in [1.54, 1.807) is 18.3 Å². The van der Waals surface area contributed by atoms with E-state index in [1.807, 2.05) is 12.3 Å². The van der Waals surface area contributed by atoms with Gasteiger partial charge in [-0.25, -0.2) is 4.90 Å². The smallest absolute Gasteiger partial charge is 0.238 e. The quantitative estimate of drug-likeness (QED) is 0.492. The van der Waals surface area contributed by atoms with Crippen LogP contribution in [0.5, 0.6) is 0 Å². The summed E-state index contributed by atoms with van der Waals surface area (Å²) in [5.41, 5.74) is 1.75. The van der Waals surface area contributed by atoms with Crippen LogP contribution in [-0.2, 0) is 14.4 Å². The zero-order chi connectivity index (χ0) is 19.6. The summed E-state index contributed by atoms with van der Waals surface area (Å²) in [4.78, 5) is 44.9. The lowest BCUT2D eigenvalue weighted by Crippen LogP contribution is -2.33. The summed E-state index contributed by atoms with van der Waals surface area (Å²) in [5.74, 6) is -0.594. The molecule has 2 fully saturated rings. The second kappa shape index (κ2) is 6.17. The molecule has 7 heteroatoms. The third-order valence-corrected chi connectivity index (χ3v) is 6.80. The van der Waals surface area contributed by atoms with Crippen molar-refractivity contribution in [2.75, 3.05) is 16.5 Å². The highest BCUT2D eigenvalue weighted by Crippen LogP contribution is 2.54. The zero-order valence-electron chi connectivity index (χ0n) is 15.5. The van der Waals surface area contributed by atoms with Crippen LogP contribution in [0.25, 0.3) is 10.9 Å². The zero-order valence-corrected chi connectivity index (χ0v) is 16.3. The fourth-order valence-corrected chi connectivity index (χ4v) is 5.64. The summed E-state index contributed by atoms with van der Waals surface area (Å²) in [6.45, 7) is 1.44. The van der Waals surface area contributed by atoms with Gasteiger partial charge in [0.15, 0.2) is 0 Å². The Hall–Kier alpha value is -2.67. The van der Waals surface area contributed by atoms with Crippen LogP contribution in [0.4, 0.5) is 11.4 Å². The monoisotopic (exact) mass is 393 g/mol. The average Bonchev–Trinajstić information content (AvgIpc) is 3.36. The number of hydrogen-bond acceptors (Lipinski definition) is 5. The molecule has 1 saturated carbocycles. The molecule has 2 aromatic rings. The number of rotatable bonds is 3. The lowest BCUT2D eigenvalue weighted by atomic mass is 9.85. The summed E-state index contributed by atoms with van der Waals surface area (Å²) in [6, 6.07) is 5.44. The van der Waals surface area contributed by atoms with Gasteiger partial charge < -0.3 is 5.32 Å². The molecule has 4 atom stereocenters. The highest BCUT2D eigenvalue weighted by molar-refractivity contribution is 7.98. The maximum absolute atomic E-state index is 13.3. The molecule has 3 aliphatic rings. The number of nitrogens with zero attached hydrogens (tertiary/aromatic N) is 2. The van der Waals surface area contributed by atoms with Gasteiger partial charge in [0.1, 0.15) is 0 Å². The third-order valence-electron chi connectivity index (χ3n) is 6.05. The molecule has 5 rings (SSSR count). The minimum absolute atomic E-state index is 0.111. The van der Waals surface area contributed by atoms with Gasteiger partial charge >= 0.3 is 0 Å². The number of carbonyl (C=O) groups is 3. The van der Waals surface area contributed by atoms with Crippen molar-refractivity contribution in [3.05, 3.63) is 36.5 Å². The third kappa shape index (κ3) is 2.29. The highest BCUT2D eigenvalue weighted by Gasteiger charge is 2.60. The van der Waals surface area contributed by atoms with Crippen molar-refractivity contribution < 1.29 is 14.4 Å². The van der Waals surface area contributed by atoms with E-state index < -0.39 is 0 Å². The Labute approximate surface area is 166 Å². The summed E-state index contributed by atoms with van der Waals surface area (Å²) >= 11 is 1.45. The molecule has 142 valence electrons. The molecule has 1 N–H and O–H groups in total. The van der Waals surface area contributed by atoms with Crippen molar-refractivity contribution in [2.24, 2.45) is 23.7 Å². The summed E-state index contributed by atoms with van der Waals surface area (Å²) in [7, 11) is 0. The molecule has 0 spiro atoms. The van der Waals surface area contributed by atoms with E-state index in [1.165, 1.54) is 23.6 Å². The van der Waals surface area contributed by atoms with E-state index in [0.717, 1.165) is 11.3 Å². The van der Waals surface area contributed by atoms with Gasteiger partial charge in [-0.3, -0.25) is 19.4 Å². The van der Waals surface area contributed by atoms with Crippen molar-refractivity contribution in [3.63, 3.8) is 0 Å². The number of carbonyl (C=O) groups excluding carboxylic acids is 3. The normalized spacial score (nSPS) is 27.7. The first-order valence-corrected chi connectivity index (χ1v) is 10.5. The van der Waals surface area contributed by atoms with Crippen LogP contribution in [0.3, 0.4) is 0 Å². The fourth-order valence-electron chi connectivity index (χ4n) is 5.01. The largest absolute Gasteiger partial charge is 0.324 e. The molecular weight excluding hydrogens is 374 g/mol. The first-order chi connectivity index (χ1) is 13.5. The number of amides is 3. The molecule has 28 heavy (non-hydrogen) atoms. The molecule has 2 heterocycles. The van der Waals surface area contributed by atoms with Gasteiger partial charge in [-0.15, -0.1) is 11.8 Å². The van der Waals surface area contributed by atoms with Crippen LogP contribution in [-0.4, -0.2) is 29.0 Å². The molecule has 1 aromatic carbocycles. The Morgan fingerprint density at radius 3 is 2.50 bits per heavy atom. The predicted molar refractivity (Wildman–Crippen MR) is 108 cm³/mol. The van der Waals surface area contributed by atoms with Crippen LogP contribution in [0.1, 0.15) is 13.3 Å². The molecule has 0 unspecified atom stereocenters. The molecule has 6 nitrogen and oxygen atoms in total. The molecule has 1 aliphatic heterocycles. The van der Waals surface area contributed by atoms with Crippen molar-refractivity contribution in [3.8, 4) is 0 Å². The molecule has 1 saturated heterocycles. The van der Waals surface area contributed by atoms with Crippen molar-refractivity contribution in [2.45, 2.75) is 18.2 Å². The van der Waals surface area contributed by atoms with Gasteiger partial charge in [0, 0.05) is 23.4 Å². The number of aromatic nitrogens is 1. The van der Waals surface area contributed by atoms with E-state index in [0.29, 0.717) is 22.3 Å². The standard InChI is InChI=1S/C21H19N3O3S/c1-10(25)23-14-9-15(28-2)19(13-4-3-7-22-18(13)14)24-20(26)16-11-5-6-12(8-11)17(16)21(24)27/h3-7,9,11-12,16-17H,8H2,1-2H3,(H,23,25)/t11-,12+,16-,17+. The highest BCUT2D eigenvalue weighted by atomic mass is 32.2. The first kappa shape index (κ1) is 17.4. The SMILES string of the molecule is CSc1cc(NC(C)=O)c2ncccc2c1N1C(=O)[C@@H]2[C@H](C1=O)[C@@H]1C=C[C@H]2C1. The van der Waals surface area contributed by atoms with E-state index in [4.69, 9.17) is 0 Å². The van der Waals surface area contributed by atoms with Crippen LogP contribution >= 0.6 is 11.8 Å². The maximum atomic E-state index is 13.3. The van der Waals surface area contributed by atoms with Crippen molar-refractivity contribution in [1.29, 1.82) is 0 Å². The second-order valence-electron chi connectivity index (χ2n) is 7.57. The van der Waals surface area contributed by atoms with E-state index >= 15 is 0 Å². The van der Waals surface area contributed by atoms with Gasteiger partial charge in [0.2, 0.25) is 17.7 Å². The number of anilines is 2. The number of fused-ring (bicyclic) bond motifs is 6. The summed E-state index contributed by atoms with van der Waals surface area (Å²) in [5, 5.41) is 3.51. The number of benzene rings is 1. The van der Waals surface area contributed by atoms with Gasteiger partial charge in [-0.05, 0) is 42.7 Å². The number of imide groups is 1.